The van der Waals surface area contributed by atoms with Gasteiger partial charge in [-0.05, 0) is 4.47 Å². The predicted octanol–water partition coefficient (Wildman–Crippen LogP) is 6.26. The minimum atomic E-state index is 0. The average Bonchev–Trinajstić information content (AvgIpc) is 2.43. The van der Waals surface area contributed by atoms with Crippen molar-refractivity contribution in [1.29, 1.82) is 0 Å². The third-order valence-electron chi connectivity index (χ3n) is 2.90. The Kier molecular flexibility index (Phi) is 12.8. The Labute approximate surface area is 152 Å². The Morgan fingerprint density at radius 3 is 2.35 bits per heavy atom. The van der Waals surface area contributed by atoms with Gasteiger partial charge in [-0.3, -0.25) is 5.57 Å². The summed E-state index contributed by atoms with van der Waals surface area (Å²) in [5.74, 6) is 0. The van der Waals surface area contributed by atoms with Gasteiger partial charge < -0.3 is 12.2 Å². The number of rotatable bonds is 8. The van der Waals surface area contributed by atoms with E-state index < -0.39 is 0 Å². The summed E-state index contributed by atoms with van der Waals surface area (Å²) in [6.45, 7) is 4.44. The van der Waals surface area contributed by atoms with Gasteiger partial charge in [0.25, 0.3) is 0 Å². The first kappa shape index (κ1) is 20.1. The number of hydrogen-bond donors (Lipinski definition) is 0. The molecule has 0 atom stereocenters. The molecule has 1 rings (SSSR count). The quantitative estimate of drug-likeness (QED) is 0.269. The first-order chi connectivity index (χ1) is 9.26. The third-order valence-corrected chi connectivity index (χ3v) is 3.43. The maximum absolute atomic E-state index is 3.50. The molecule has 0 saturated carbocycles. The Hall–Kier alpha value is 0.0631. The van der Waals surface area contributed by atoms with E-state index in [1.165, 1.54) is 31.3 Å². The van der Waals surface area contributed by atoms with Crippen LogP contribution in [0, 0.1) is 12.2 Å². The molecule has 1 aromatic carbocycles. The van der Waals surface area contributed by atoms with Crippen LogP contribution < -0.4 is 0 Å². The molecule has 0 unspecified atom stereocenters. The van der Waals surface area contributed by atoms with E-state index in [0.717, 1.165) is 22.9 Å². The standard InChI is InChI=1S/C18H23Br.Zr/c1-3-5-7-8-10-16(9-6-4-2)15-17-11-13-18(19)14-12-17;/h10-14H,3-7,9H2,1-2H3;/q-2;+2. The van der Waals surface area contributed by atoms with E-state index >= 15 is 0 Å². The van der Waals surface area contributed by atoms with Crippen molar-refractivity contribution in [3.05, 3.63) is 58.1 Å². The van der Waals surface area contributed by atoms with Crippen LogP contribution in [0.2, 0.25) is 0 Å². The van der Waals surface area contributed by atoms with Crippen molar-refractivity contribution >= 4 is 15.9 Å². The van der Waals surface area contributed by atoms with E-state index in [-0.39, 0.29) is 26.2 Å². The van der Waals surface area contributed by atoms with Gasteiger partial charge >= 0.3 is 26.2 Å². The van der Waals surface area contributed by atoms with Gasteiger partial charge in [0.1, 0.15) is 0 Å². The van der Waals surface area contributed by atoms with Gasteiger partial charge in [0.2, 0.25) is 0 Å². The van der Waals surface area contributed by atoms with E-state index in [0.29, 0.717) is 0 Å². The van der Waals surface area contributed by atoms with Crippen LogP contribution in [-0.4, -0.2) is 0 Å². The summed E-state index contributed by atoms with van der Waals surface area (Å²) in [6, 6.07) is 8.31. The van der Waals surface area contributed by atoms with Crippen molar-refractivity contribution in [2.75, 3.05) is 0 Å². The number of allylic oxidation sites excluding steroid dienone is 3. The molecule has 0 nitrogen and oxygen atoms in total. The van der Waals surface area contributed by atoms with Gasteiger partial charge in [0, 0.05) is 0 Å². The van der Waals surface area contributed by atoms with E-state index in [9.17, 15) is 0 Å². The van der Waals surface area contributed by atoms with Gasteiger partial charge in [-0.2, -0.15) is 5.56 Å². The van der Waals surface area contributed by atoms with E-state index in [4.69, 9.17) is 0 Å². The molecule has 20 heavy (non-hydrogen) atoms. The predicted molar refractivity (Wildman–Crippen MR) is 86.9 cm³/mol. The monoisotopic (exact) mass is 408 g/mol. The molecule has 106 valence electrons. The maximum Gasteiger partial charge on any atom is 2.00 e. The molecule has 1 aromatic rings. The number of hydrogen-bond acceptors (Lipinski definition) is 0. The van der Waals surface area contributed by atoms with Crippen molar-refractivity contribution in [3.8, 4) is 0 Å². The van der Waals surface area contributed by atoms with Crippen LogP contribution in [0.25, 0.3) is 0 Å². The van der Waals surface area contributed by atoms with Gasteiger partial charge in [-0.15, -0.1) is 25.0 Å². The molecule has 0 amide bonds. The topological polar surface area (TPSA) is 0 Å². The van der Waals surface area contributed by atoms with Gasteiger partial charge in [-0.25, -0.2) is 6.08 Å². The number of halogens is 1. The molecule has 0 aromatic heterocycles. The van der Waals surface area contributed by atoms with Crippen molar-refractivity contribution in [2.24, 2.45) is 0 Å². The zero-order valence-electron chi connectivity index (χ0n) is 12.5. The first-order valence-corrected chi connectivity index (χ1v) is 8.00. The molecule has 0 aliphatic heterocycles. The van der Waals surface area contributed by atoms with E-state index in [1.807, 2.05) is 0 Å². The molecule has 0 aliphatic rings. The van der Waals surface area contributed by atoms with Crippen molar-refractivity contribution in [3.63, 3.8) is 0 Å². The van der Waals surface area contributed by atoms with Crippen LogP contribution in [0.4, 0.5) is 0 Å². The molecular weight excluding hydrogens is 387 g/mol. The fourth-order valence-corrected chi connectivity index (χ4v) is 2.00. The van der Waals surface area contributed by atoms with Gasteiger partial charge in [0.05, 0.1) is 0 Å². The van der Waals surface area contributed by atoms with E-state index in [2.05, 4.69) is 72.3 Å². The van der Waals surface area contributed by atoms with Crippen LogP contribution in [0.3, 0.4) is 0 Å². The Morgan fingerprint density at radius 1 is 1.10 bits per heavy atom. The molecule has 0 saturated heterocycles. The molecule has 0 radical (unpaired) electrons. The Bertz CT molecular complexity index is 404. The van der Waals surface area contributed by atoms with Crippen molar-refractivity contribution in [1.82, 2.24) is 0 Å². The second-order valence-electron chi connectivity index (χ2n) is 4.71. The summed E-state index contributed by atoms with van der Waals surface area (Å²) in [5, 5.41) is 0. The zero-order chi connectivity index (χ0) is 13.9. The van der Waals surface area contributed by atoms with Gasteiger partial charge in [-0.1, -0.05) is 67.6 Å². The Balaban J connectivity index is 0.00000361. The second-order valence-corrected chi connectivity index (χ2v) is 5.63. The van der Waals surface area contributed by atoms with Gasteiger partial charge in [0.15, 0.2) is 0 Å². The SMILES string of the molecule is CCCC[C-]=CC(=[C-]c1ccc(Br)cc1)CCCC.[Zr+2]. The van der Waals surface area contributed by atoms with Crippen LogP contribution >= 0.6 is 15.9 Å². The van der Waals surface area contributed by atoms with Crippen molar-refractivity contribution < 1.29 is 26.2 Å². The molecule has 0 aliphatic carbocycles. The van der Waals surface area contributed by atoms with Crippen LogP contribution in [0.1, 0.15) is 57.9 Å². The smallest absolute Gasteiger partial charge is 0.326 e. The fraction of sp³-hybridized carbons (Fsp3) is 0.444. The summed E-state index contributed by atoms with van der Waals surface area (Å²) >= 11 is 3.46. The minimum absolute atomic E-state index is 0. The molecule has 0 spiro atoms. The summed E-state index contributed by atoms with van der Waals surface area (Å²) in [5.41, 5.74) is 2.41. The largest absolute Gasteiger partial charge is 2.00 e. The summed E-state index contributed by atoms with van der Waals surface area (Å²) in [6.07, 6.45) is 16.0. The maximum atomic E-state index is 3.50. The molecule has 0 heterocycles. The van der Waals surface area contributed by atoms with Crippen LogP contribution in [0.5, 0.6) is 0 Å². The summed E-state index contributed by atoms with van der Waals surface area (Å²) in [4.78, 5) is 0. The number of unbranched alkanes of at least 4 members (excludes halogenated alkanes) is 3. The molecule has 2 heteroatoms. The molecular formula is C18H23BrZr. The Morgan fingerprint density at radius 2 is 1.75 bits per heavy atom. The van der Waals surface area contributed by atoms with Crippen molar-refractivity contribution in [2.45, 2.75) is 52.4 Å². The fourth-order valence-electron chi connectivity index (χ4n) is 1.73. The second kappa shape index (κ2) is 12.8. The van der Waals surface area contributed by atoms with E-state index in [1.54, 1.807) is 0 Å². The van der Waals surface area contributed by atoms with Crippen LogP contribution in [0.15, 0.2) is 40.4 Å². The minimum Gasteiger partial charge on any atom is -0.326 e. The third kappa shape index (κ3) is 9.08. The summed E-state index contributed by atoms with van der Waals surface area (Å²) < 4.78 is 1.11. The molecule has 0 bridgehead atoms. The average molecular weight is 411 g/mol. The zero-order valence-corrected chi connectivity index (χ0v) is 16.6. The first-order valence-electron chi connectivity index (χ1n) is 7.21. The summed E-state index contributed by atoms with van der Waals surface area (Å²) in [7, 11) is 0. The molecule has 0 fully saturated rings. The molecule has 0 N–H and O–H groups in total. The number of benzene rings is 1. The van der Waals surface area contributed by atoms with Crippen LogP contribution in [-0.2, 0) is 26.2 Å². The normalized spacial score (nSPS) is 11.7.